The van der Waals surface area contributed by atoms with Crippen LogP contribution in [0.2, 0.25) is 10.0 Å². The number of benzene rings is 3. The van der Waals surface area contributed by atoms with Gasteiger partial charge in [0.2, 0.25) is 5.91 Å². The lowest BCUT2D eigenvalue weighted by atomic mass is 9.93. The predicted octanol–water partition coefficient (Wildman–Crippen LogP) is 6.23. The largest absolute Gasteiger partial charge is 0.489 e. The molecule has 3 aromatic carbocycles. The summed E-state index contributed by atoms with van der Waals surface area (Å²) in [6.45, 7) is 6.12. The van der Waals surface area contributed by atoms with Crippen molar-refractivity contribution >= 4 is 35.2 Å². The molecule has 8 nitrogen and oxygen atoms in total. The van der Waals surface area contributed by atoms with Crippen LogP contribution in [-0.2, 0) is 29.1 Å². The number of ether oxygens (including phenoxy) is 4. The van der Waals surface area contributed by atoms with Crippen LogP contribution >= 0.6 is 23.2 Å². The third-order valence-corrected chi connectivity index (χ3v) is 7.37. The fourth-order valence-electron chi connectivity index (χ4n) is 4.68. The zero-order valence-electron chi connectivity index (χ0n) is 22.4. The quantitative estimate of drug-likeness (QED) is 0.381. The fraction of sp³-hybridized carbons (Fsp3) is 0.333. The summed E-state index contributed by atoms with van der Waals surface area (Å²) < 4.78 is 23.9. The SMILES string of the molecule is CC(C)(C)OC(=O)N1Cc2cc3c(cc2CC1C(N)=O)OCC(c1cccc(OCc2ccc(Cl)c(Cl)c2)c1)O3. The van der Waals surface area contributed by atoms with Gasteiger partial charge in [0, 0.05) is 6.42 Å². The number of carbonyl (C=O) groups is 2. The summed E-state index contributed by atoms with van der Waals surface area (Å²) in [7, 11) is 0. The van der Waals surface area contributed by atoms with E-state index in [1.807, 2.05) is 42.5 Å². The summed E-state index contributed by atoms with van der Waals surface area (Å²) in [5.74, 6) is 1.22. The summed E-state index contributed by atoms with van der Waals surface area (Å²) >= 11 is 12.1. The molecule has 2 atom stereocenters. The molecule has 2 unspecified atom stereocenters. The lowest BCUT2D eigenvalue weighted by Crippen LogP contribution is -2.52. The first-order chi connectivity index (χ1) is 19.0. The second-order valence-electron chi connectivity index (χ2n) is 10.8. The Labute approximate surface area is 242 Å². The number of nitrogens with two attached hydrogens (primary N) is 1. The topological polar surface area (TPSA) is 100 Å². The van der Waals surface area contributed by atoms with Gasteiger partial charge in [-0.25, -0.2) is 4.79 Å². The van der Waals surface area contributed by atoms with Crippen molar-refractivity contribution in [2.24, 2.45) is 5.73 Å². The number of hydrogen-bond donors (Lipinski definition) is 1. The minimum atomic E-state index is -0.815. The molecule has 0 aliphatic carbocycles. The van der Waals surface area contributed by atoms with Crippen molar-refractivity contribution in [3.63, 3.8) is 0 Å². The minimum absolute atomic E-state index is 0.164. The first-order valence-corrected chi connectivity index (χ1v) is 13.6. The van der Waals surface area contributed by atoms with Crippen molar-refractivity contribution in [2.45, 2.75) is 58.1 Å². The van der Waals surface area contributed by atoms with Gasteiger partial charge in [-0.05, 0) is 79.4 Å². The molecule has 5 rings (SSSR count). The summed E-state index contributed by atoms with van der Waals surface area (Å²) in [5, 5.41) is 0.970. The zero-order valence-corrected chi connectivity index (χ0v) is 23.9. The molecule has 2 N–H and O–H groups in total. The highest BCUT2D eigenvalue weighted by molar-refractivity contribution is 6.42. The van der Waals surface area contributed by atoms with Gasteiger partial charge in [0.15, 0.2) is 17.6 Å². The van der Waals surface area contributed by atoms with Gasteiger partial charge >= 0.3 is 6.09 Å². The van der Waals surface area contributed by atoms with Crippen LogP contribution in [0.1, 0.15) is 49.1 Å². The van der Waals surface area contributed by atoms with Crippen LogP contribution in [0.15, 0.2) is 54.6 Å². The molecule has 0 saturated heterocycles. The molecule has 2 aliphatic rings. The Kier molecular flexibility index (Phi) is 7.75. The number of halogens is 2. The van der Waals surface area contributed by atoms with Gasteiger partial charge in [0.1, 0.15) is 30.6 Å². The van der Waals surface area contributed by atoms with E-state index in [0.717, 1.165) is 22.3 Å². The lowest BCUT2D eigenvalue weighted by Gasteiger charge is -2.37. The van der Waals surface area contributed by atoms with E-state index in [9.17, 15) is 9.59 Å². The summed E-state index contributed by atoms with van der Waals surface area (Å²) in [6.07, 6.45) is -0.697. The second-order valence-corrected chi connectivity index (χ2v) is 11.6. The minimum Gasteiger partial charge on any atom is -0.489 e. The molecule has 0 bridgehead atoms. The van der Waals surface area contributed by atoms with Crippen LogP contribution in [0.3, 0.4) is 0 Å². The number of nitrogens with zero attached hydrogens (tertiary/aromatic N) is 1. The molecular formula is C30H30Cl2N2O6. The maximum atomic E-state index is 12.9. The van der Waals surface area contributed by atoms with E-state index < -0.39 is 23.6 Å². The van der Waals surface area contributed by atoms with Gasteiger partial charge in [-0.3, -0.25) is 9.69 Å². The van der Waals surface area contributed by atoms with Crippen molar-refractivity contribution in [3.8, 4) is 17.2 Å². The van der Waals surface area contributed by atoms with Crippen LogP contribution in [0.25, 0.3) is 0 Å². The van der Waals surface area contributed by atoms with Crippen LogP contribution in [0.5, 0.6) is 17.2 Å². The molecule has 0 spiro atoms. The van der Waals surface area contributed by atoms with Gasteiger partial charge in [0.05, 0.1) is 16.6 Å². The Morgan fingerprint density at radius 1 is 1.02 bits per heavy atom. The molecule has 0 saturated carbocycles. The summed E-state index contributed by atoms with van der Waals surface area (Å²) in [6, 6.07) is 15.9. The van der Waals surface area contributed by atoms with Crippen molar-refractivity contribution in [3.05, 3.63) is 86.9 Å². The Morgan fingerprint density at radius 3 is 2.52 bits per heavy atom. The van der Waals surface area contributed by atoms with E-state index in [0.29, 0.717) is 40.5 Å². The van der Waals surface area contributed by atoms with Gasteiger partial charge in [-0.15, -0.1) is 0 Å². The molecule has 210 valence electrons. The molecule has 10 heteroatoms. The molecule has 0 fully saturated rings. The van der Waals surface area contributed by atoms with Crippen molar-refractivity contribution in [2.75, 3.05) is 6.61 Å². The van der Waals surface area contributed by atoms with Crippen molar-refractivity contribution < 1.29 is 28.5 Å². The Bertz CT molecular complexity index is 1450. The van der Waals surface area contributed by atoms with E-state index in [1.165, 1.54) is 4.90 Å². The lowest BCUT2D eigenvalue weighted by molar-refractivity contribution is -0.123. The smallest absolute Gasteiger partial charge is 0.411 e. The summed E-state index contributed by atoms with van der Waals surface area (Å²) in [4.78, 5) is 26.5. The number of amides is 2. The molecule has 40 heavy (non-hydrogen) atoms. The number of rotatable bonds is 5. The number of primary amides is 1. The molecule has 0 aromatic heterocycles. The van der Waals surface area contributed by atoms with E-state index in [2.05, 4.69) is 0 Å². The van der Waals surface area contributed by atoms with Gasteiger partial charge in [0.25, 0.3) is 0 Å². The van der Waals surface area contributed by atoms with Gasteiger partial charge in [-0.1, -0.05) is 41.4 Å². The fourth-order valence-corrected chi connectivity index (χ4v) is 5.00. The van der Waals surface area contributed by atoms with Gasteiger partial charge < -0.3 is 24.7 Å². The van der Waals surface area contributed by atoms with Crippen LogP contribution < -0.4 is 19.9 Å². The van der Waals surface area contributed by atoms with E-state index in [1.54, 1.807) is 32.9 Å². The number of carbonyl (C=O) groups excluding carboxylic acids is 2. The first-order valence-electron chi connectivity index (χ1n) is 12.9. The average Bonchev–Trinajstić information content (AvgIpc) is 2.90. The second kappa shape index (κ2) is 11.1. The third kappa shape index (κ3) is 6.24. The monoisotopic (exact) mass is 584 g/mol. The third-order valence-electron chi connectivity index (χ3n) is 6.63. The van der Waals surface area contributed by atoms with Crippen LogP contribution in [0.4, 0.5) is 4.79 Å². The highest BCUT2D eigenvalue weighted by Crippen LogP contribution is 2.41. The number of hydrogen-bond acceptors (Lipinski definition) is 6. The van der Waals surface area contributed by atoms with Crippen molar-refractivity contribution in [1.29, 1.82) is 0 Å². The molecule has 2 heterocycles. The molecule has 0 radical (unpaired) electrons. The average molecular weight is 585 g/mol. The Balaban J connectivity index is 1.32. The molecular weight excluding hydrogens is 555 g/mol. The molecule has 2 amide bonds. The van der Waals surface area contributed by atoms with Crippen LogP contribution in [-0.4, -0.2) is 35.2 Å². The summed E-state index contributed by atoms with van der Waals surface area (Å²) in [5.41, 5.74) is 8.44. The van der Waals surface area contributed by atoms with Crippen LogP contribution in [0, 0.1) is 0 Å². The van der Waals surface area contributed by atoms with Gasteiger partial charge in [-0.2, -0.15) is 0 Å². The van der Waals surface area contributed by atoms with E-state index in [-0.39, 0.29) is 19.1 Å². The van der Waals surface area contributed by atoms with E-state index >= 15 is 0 Å². The highest BCUT2D eigenvalue weighted by Gasteiger charge is 2.37. The maximum absolute atomic E-state index is 12.9. The Morgan fingerprint density at radius 2 is 1.80 bits per heavy atom. The molecule has 3 aromatic rings. The first kappa shape index (κ1) is 27.9. The van der Waals surface area contributed by atoms with Crippen molar-refractivity contribution in [1.82, 2.24) is 4.90 Å². The molecule has 2 aliphatic heterocycles. The zero-order chi connectivity index (χ0) is 28.6. The highest BCUT2D eigenvalue weighted by atomic mass is 35.5. The maximum Gasteiger partial charge on any atom is 0.411 e. The Hall–Kier alpha value is -3.62. The van der Waals surface area contributed by atoms with E-state index in [4.69, 9.17) is 47.9 Å². The standard InChI is InChI=1S/C30H30Cl2N2O6/c1-30(2,3)40-29(36)34-14-20-13-26-25(12-19(20)11-24(34)28(33)35)38-16-27(39-26)18-5-4-6-21(10-18)37-15-17-7-8-22(31)23(32)9-17/h4-10,12-13,24,27H,11,14-16H2,1-3H3,(H2,33,35). The number of fused-ring (bicyclic) bond motifs is 2. The normalized spacial score (nSPS) is 18.1. The predicted molar refractivity (Wildman–Crippen MR) is 151 cm³/mol.